The number of anilines is 1. The minimum atomic E-state index is -0.375. The van der Waals surface area contributed by atoms with Crippen molar-refractivity contribution in [3.8, 4) is 5.75 Å². The van der Waals surface area contributed by atoms with Crippen LogP contribution in [-0.4, -0.2) is 24.1 Å². The molecule has 0 radical (unpaired) electrons. The van der Waals surface area contributed by atoms with E-state index in [1.54, 1.807) is 37.3 Å². The zero-order valence-corrected chi connectivity index (χ0v) is 17.4. The standard InChI is InChI=1S/C25H21N3O4/c1-17(19-8-4-9-21(14-19)26-25(30)23-10-5-13-31-23)27-28-24(29)16-32-22-12-11-18-6-2-3-7-20(18)15-22/h2-15H,16H2,1H3,(H,26,30)(H,28,29)/b27-17+. The SMILES string of the molecule is C/C(=N\NC(=O)COc1ccc2ccccc2c1)c1cccc(NC(=O)c2ccco2)c1. The molecule has 0 spiro atoms. The Bertz CT molecular complexity index is 1280. The zero-order valence-electron chi connectivity index (χ0n) is 17.4. The Balaban J connectivity index is 1.33. The van der Waals surface area contributed by atoms with Crippen LogP contribution in [-0.2, 0) is 4.79 Å². The first kappa shape index (κ1) is 20.9. The molecule has 0 atom stereocenters. The summed E-state index contributed by atoms with van der Waals surface area (Å²) >= 11 is 0. The Kier molecular flexibility index (Phi) is 6.27. The smallest absolute Gasteiger partial charge is 0.291 e. The molecule has 2 N–H and O–H groups in total. The summed E-state index contributed by atoms with van der Waals surface area (Å²) in [5.41, 5.74) is 4.41. The van der Waals surface area contributed by atoms with Crippen LogP contribution in [0.25, 0.3) is 10.8 Å². The van der Waals surface area contributed by atoms with E-state index in [4.69, 9.17) is 9.15 Å². The van der Waals surface area contributed by atoms with E-state index in [2.05, 4.69) is 15.8 Å². The van der Waals surface area contributed by atoms with E-state index in [0.717, 1.165) is 16.3 Å². The van der Waals surface area contributed by atoms with Gasteiger partial charge in [0, 0.05) is 5.69 Å². The molecular formula is C25H21N3O4. The number of amides is 2. The largest absolute Gasteiger partial charge is 0.484 e. The summed E-state index contributed by atoms with van der Waals surface area (Å²) in [5, 5.41) is 9.04. The second-order valence-corrected chi connectivity index (χ2v) is 7.04. The number of fused-ring (bicyclic) bond motifs is 1. The number of ether oxygens (including phenoxy) is 1. The van der Waals surface area contributed by atoms with Crippen LogP contribution < -0.4 is 15.5 Å². The fourth-order valence-corrected chi connectivity index (χ4v) is 3.07. The highest BCUT2D eigenvalue weighted by Crippen LogP contribution is 2.20. The van der Waals surface area contributed by atoms with E-state index in [-0.39, 0.29) is 24.2 Å². The molecule has 32 heavy (non-hydrogen) atoms. The number of furan rings is 1. The van der Waals surface area contributed by atoms with Crippen molar-refractivity contribution >= 4 is 34.0 Å². The summed E-state index contributed by atoms with van der Waals surface area (Å²) in [5.74, 6) is 0.111. The lowest BCUT2D eigenvalue weighted by atomic mass is 10.1. The fraction of sp³-hybridized carbons (Fsp3) is 0.0800. The molecule has 4 aromatic rings. The minimum absolute atomic E-state index is 0.158. The second kappa shape index (κ2) is 9.61. The topological polar surface area (TPSA) is 92.9 Å². The van der Waals surface area contributed by atoms with Crippen molar-refractivity contribution in [3.63, 3.8) is 0 Å². The average molecular weight is 427 g/mol. The third-order valence-electron chi connectivity index (χ3n) is 4.72. The molecule has 7 heteroatoms. The summed E-state index contributed by atoms with van der Waals surface area (Å²) in [6.07, 6.45) is 1.44. The monoisotopic (exact) mass is 427 g/mol. The summed E-state index contributed by atoms with van der Waals surface area (Å²) < 4.78 is 10.7. The van der Waals surface area contributed by atoms with Crippen molar-refractivity contribution in [3.05, 3.63) is 96.4 Å². The minimum Gasteiger partial charge on any atom is -0.484 e. The maximum absolute atomic E-state index is 12.1. The van der Waals surface area contributed by atoms with Crippen molar-refractivity contribution in [2.24, 2.45) is 5.10 Å². The van der Waals surface area contributed by atoms with Gasteiger partial charge in [0.1, 0.15) is 5.75 Å². The van der Waals surface area contributed by atoms with Gasteiger partial charge < -0.3 is 14.5 Å². The summed E-state index contributed by atoms with van der Waals surface area (Å²) in [4.78, 5) is 24.3. The van der Waals surface area contributed by atoms with Crippen LogP contribution in [0.15, 0.2) is 94.6 Å². The Morgan fingerprint density at radius 1 is 0.938 bits per heavy atom. The summed E-state index contributed by atoms with van der Waals surface area (Å²) in [6, 6.07) is 24.0. The lowest BCUT2D eigenvalue weighted by molar-refractivity contribution is -0.123. The molecule has 3 aromatic carbocycles. The lowest BCUT2D eigenvalue weighted by Gasteiger charge is -2.08. The Morgan fingerprint density at radius 3 is 2.59 bits per heavy atom. The Hall–Kier alpha value is -4.39. The van der Waals surface area contributed by atoms with Crippen molar-refractivity contribution in [2.75, 3.05) is 11.9 Å². The molecule has 0 bridgehead atoms. The molecule has 4 rings (SSSR count). The van der Waals surface area contributed by atoms with Crippen LogP contribution in [0.3, 0.4) is 0 Å². The maximum Gasteiger partial charge on any atom is 0.291 e. The molecule has 0 aliphatic carbocycles. The van der Waals surface area contributed by atoms with Gasteiger partial charge in [0.25, 0.3) is 11.8 Å². The number of hydrazone groups is 1. The number of hydrogen-bond donors (Lipinski definition) is 2. The van der Waals surface area contributed by atoms with E-state index in [1.165, 1.54) is 6.26 Å². The Morgan fingerprint density at radius 2 is 1.78 bits per heavy atom. The molecule has 1 heterocycles. The zero-order chi connectivity index (χ0) is 22.3. The highest BCUT2D eigenvalue weighted by Gasteiger charge is 2.09. The number of carbonyl (C=O) groups is 2. The van der Waals surface area contributed by atoms with E-state index < -0.39 is 0 Å². The molecule has 0 aliphatic rings. The molecule has 0 saturated carbocycles. The third-order valence-corrected chi connectivity index (χ3v) is 4.72. The van der Waals surface area contributed by atoms with Gasteiger partial charge in [-0.05, 0) is 59.7 Å². The molecule has 0 unspecified atom stereocenters. The Labute approximate surface area is 184 Å². The first-order valence-corrected chi connectivity index (χ1v) is 9.98. The second-order valence-electron chi connectivity index (χ2n) is 7.04. The maximum atomic E-state index is 12.1. The first-order valence-electron chi connectivity index (χ1n) is 9.98. The number of carbonyl (C=O) groups excluding carboxylic acids is 2. The average Bonchev–Trinajstić information content (AvgIpc) is 3.36. The van der Waals surface area contributed by atoms with Crippen LogP contribution in [0.2, 0.25) is 0 Å². The molecule has 0 fully saturated rings. The van der Waals surface area contributed by atoms with E-state index in [9.17, 15) is 9.59 Å². The third kappa shape index (κ3) is 5.20. The summed E-state index contributed by atoms with van der Waals surface area (Å²) in [6.45, 7) is 1.60. The van der Waals surface area contributed by atoms with Crippen molar-refractivity contribution in [2.45, 2.75) is 6.92 Å². The highest BCUT2D eigenvalue weighted by atomic mass is 16.5. The number of nitrogens with one attached hydrogen (secondary N) is 2. The molecule has 1 aromatic heterocycles. The predicted molar refractivity (Wildman–Crippen MR) is 123 cm³/mol. The quantitative estimate of drug-likeness (QED) is 0.333. The fourth-order valence-electron chi connectivity index (χ4n) is 3.07. The molecular weight excluding hydrogens is 406 g/mol. The highest BCUT2D eigenvalue weighted by molar-refractivity contribution is 6.04. The van der Waals surface area contributed by atoms with Gasteiger partial charge in [-0.1, -0.05) is 42.5 Å². The van der Waals surface area contributed by atoms with Crippen molar-refractivity contribution in [1.82, 2.24) is 5.43 Å². The van der Waals surface area contributed by atoms with E-state index >= 15 is 0 Å². The van der Waals surface area contributed by atoms with Gasteiger partial charge in [-0.15, -0.1) is 0 Å². The predicted octanol–water partition coefficient (Wildman–Crippen LogP) is 4.60. The number of nitrogens with zero attached hydrogens (tertiary/aromatic N) is 1. The van der Waals surface area contributed by atoms with Gasteiger partial charge in [-0.2, -0.15) is 5.10 Å². The van der Waals surface area contributed by atoms with E-state index in [0.29, 0.717) is 17.1 Å². The van der Waals surface area contributed by atoms with Crippen LogP contribution >= 0.6 is 0 Å². The molecule has 7 nitrogen and oxygen atoms in total. The van der Waals surface area contributed by atoms with Crippen LogP contribution in [0.5, 0.6) is 5.75 Å². The molecule has 0 aliphatic heterocycles. The van der Waals surface area contributed by atoms with Crippen molar-refractivity contribution < 1.29 is 18.7 Å². The lowest BCUT2D eigenvalue weighted by Crippen LogP contribution is -2.25. The van der Waals surface area contributed by atoms with Crippen molar-refractivity contribution in [1.29, 1.82) is 0 Å². The van der Waals surface area contributed by atoms with Crippen LogP contribution in [0, 0.1) is 0 Å². The molecule has 160 valence electrons. The number of benzene rings is 3. The molecule has 2 amide bonds. The van der Waals surface area contributed by atoms with Crippen LogP contribution in [0.4, 0.5) is 5.69 Å². The van der Waals surface area contributed by atoms with Gasteiger partial charge in [-0.25, -0.2) is 5.43 Å². The first-order chi connectivity index (χ1) is 15.6. The number of hydrogen-bond acceptors (Lipinski definition) is 5. The van der Waals surface area contributed by atoms with Gasteiger partial charge in [0.05, 0.1) is 12.0 Å². The van der Waals surface area contributed by atoms with Gasteiger partial charge >= 0.3 is 0 Å². The normalized spacial score (nSPS) is 11.2. The van der Waals surface area contributed by atoms with Gasteiger partial charge in [-0.3, -0.25) is 9.59 Å². The summed E-state index contributed by atoms with van der Waals surface area (Å²) in [7, 11) is 0. The molecule has 0 saturated heterocycles. The van der Waals surface area contributed by atoms with E-state index in [1.807, 2.05) is 48.5 Å². The van der Waals surface area contributed by atoms with Crippen LogP contribution in [0.1, 0.15) is 23.0 Å². The number of rotatable bonds is 7. The van der Waals surface area contributed by atoms with Gasteiger partial charge in [0.2, 0.25) is 0 Å². The van der Waals surface area contributed by atoms with Gasteiger partial charge in [0.15, 0.2) is 12.4 Å².